The van der Waals surface area contributed by atoms with Crippen LogP contribution >= 0.6 is 39.1 Å². The van der Waals surface area contributed by atoms with Crippen molar-refractivity contribution in [1.29, 1.82) is 0 Å². The number of carbonyl (C=O) groups excluding carboxylic acids is 1. The Balaban J connectivity index is 3.36. The Morgan fingerprint density at radius 3 is 2.45 bits per heavy atom. The first kappa shape index (κ1) is 8.90. The summed E-state index contributed by atoms with van der Waals surface area (Å²) >= 11 is 14.0. The third-order valence-electron chi connectivity index (χ3n) is 0.943. The number of hydrogen-bond acceptors (Lipinski definition) is 3. The molecule has 1 heterocycles. The monoisotopic (exact) mass is 254 g/mol. The van der Waals surface area contributed by atoms with Crippen LogP contribution in [0.3, 0.4) is 0 Å². The number of rotatable bonds is 1. The van der Waals surface area contributed by atoms with E-state index in [4.69, 9.17) is 23.2 Å². The first-order valence-corrected chi connectivity index (χ1v) is 4.03. The molecule has 1 rings (SSSR count). The van der Waals surface area contributed by atoms with Crippen LogP contribution in [-0.2, 0) is 0 Å². The van der Waals surface area contributed by atoms with Crippen LogP contribution < -0.4 is 0 Å². The van der Waals surface area contributed by atoms with E-state index in [-0.39, 0.29) is 16.0 Å². The van der Waals surface area contributed by atoms with Gasteiger partial charge in [0.05, 0.1) is 5.56 Å². The summed E-state index contributed by atoms with van der Waals surface area (Å²) in [6.45, 7) is 0. The first-order valence-electron chi connectivity index (χ1n) is 2.49. The van der Waals surface area contributed by atoms with Crippen molar-refractivity contribution in [1.82, 2.24) is 9.97 Å². The Hall–Kier alpha value is -0.190. The fourth-order valence-corrected chi connectivity index (χ4v) is 1.58. The van der Waals surface area contributed by atoms with E-state index in [9.17, 15) is 4.79 Å². The molecule has 0 saturated carbocycles. The summed E-state index contributed by atoms with van der Waals surface area (Å²) < 4.78 is 0.303. The minimum atomic E-state index is 0.00692. The summed E-state index contributed by atoms with van der Waals surface area (Å²) in [5.41, 5.74) is 0.205. The highest BCUT2D eigenvalue weighted by molar-refractivity contribution is 9.10. The molecule has 0 N–H and O–H groups in total. The second-order valence-corrected chi connectivity index (χ2v) is 3.05. The lowest BCUT2D eigenvalue weighted by atomic mass is 10.4. The van der Waals surface area contributed by atoms with Gasteiger partial charge in [-0.05, 0) is 27.5 Å². The fourth-order valence-electron chi connectivity index (χ4n) is 0.490. The van der Waals surface area contributed by atoms with Gasteiger partial charge in [0.2, 0.25) is 5.28 Å². The van der Waals surface area contributed by atoms with E-state index >= 15 is 0 Å². The maximum absolute atomic E-state index is 10.3. The van der Waals surface area contributed by atoms with Gasteiger partial charge in [0.1, 0.15) is 9.76 Å². The Bertz CT molecular complexity index is 282. The molecule has 6 heteroatoms. The van der Waals surface area contributed by atoms with Gasteiger partial charge in [-0.1, -0.05) is 11.6 Å². The standard InChI is InChI=1S/C5HBrCl2N2O/c6-3-2(1-11)4(7)10-5(8)9-3/h1H. The molecule has 0 saturated heterocycles. The van der Waals surface area contributed by atoms with E-state index < -0.39 is 0 Å². The van der Waals surface area contributed by atoms with E-state index in [1.807, 2.05) is 0 Å². The molecule has 0 aliphatic rings. The van der Waals surface area contributed by atoms with Crippen LogP contribution in [0.2, 0.25) is 10.4 Å². The lowest BCUT2D eigenvalue weighted by Gasteiger charge is -1.97. The van der Waals surface area contributed by atoms with Gasteiger partial charge in [-0.15, -0.1) is 0 Å². The molecular weight excluding hydrogens is 255 g/mol. The first-order chi connectivity index (χ1) is 5.15. The maximum Gasteiger partial charge on any atom is 0.224 e. The molecule has 0 unspecified atom stereocenters. The van der Waals surface area contributed by atoms with E-state index in [0.29, 0.717) is 10.9 Å². The van der Waals surface area contributed by atoms with E-state index in [2.05, 4.69) is 25.9 Å². The number of nitrogens with zero attached hydrogens (tertiary/aromatic N) is 2. The van der Waals surface area contributed by atoms with Gasteiger partial charge >= 0.3 is 0 Å². The molecule has 0 aromatic carbocycles. The van der Waals surface area contributed by atoms with Crippen LogP contribution in [0.15, 0.2) is 4.60 Å². The van der Waals surface area contributed by atoms with Gasteiger partial charge in [-0.3, -0.25) is 4.79 Å². The van der Waals surface area contributed by atoms with Gasteiger partial charge in [0.15, 0.2) is 6.29 Å². The van der Waals surface area contributed by atoms with Gasteiger partial charge in [0, 0.05) is 0 Å². The van der Waals surface area contributed by atoms with E-state index in [1.54, 1.807) is 0 Å². The molecule has 0 radical (unpaired) electrons. The van der Waals surface area contributed by atoms with Crippen molar-refractivity contribution in [3.8, 4) is 0 Å². The molecule has 11 heavy (non-hydrogen) atoms. The van der Waals surface area contributed by atoms with Crippen molar-refractivity contribution < 1.29 is 4.79 Å². The quantitative estimate of drug-likeness (QED) is 0.440. The predicted octanol–water partition coefficient (Wildman–Crippen LogP) is 2.36. The maximum atomic E-state index is 10.3. The summed E-state index contributed by atoms with van der Waals surface area (Å²) in [5.74, 6) is 0. The minimum absolute atomic E-state index is 0.00692. The van der Waals surface area contributed by atoms with Crippen molar-refractivity contribution in [3.63, 3.8) is 0 Å². The van der Waals surface area contributed by atoms with Crippen molar-refractivity contribution in [2.24, 2.45) is 0 Å². The number of hydrogen-bond donors (Lipinski definition) is 0. The molecule has 0 aliphatic heterocycles. The van der Waals surface area contributed by atoms with Crippen molar-refractivity contribution in [2.45, 2.75) is 0 Å². The van der Waals surface area contributed by atoms with Gasteiger partial charge in [-0.25, -0.2) is 9.97 Å². The molecule has 0 spiro atoms. The third-order valence-corrected chi connectivity index (χ3v) is 2.00. The molecule has 58 valence electrons. The number of carbonyl (C=O) groups is 1. The Labute approximate surface area is 80.9 Å². The lowest BCUT2D eigenvalue weighted by molar-refractivity contribution is 0.112. The third kappa shape index (κ3) is 1.89. The zero-order valence-electron chi connectivity index (χ0n) is 5.01. The fraction of sp³-hybridized carbons (Fsp3) is 0. The highest BCUT2D eigenvalue weighted by Crippen LogP contribution is 2.20. The summed E-state index contributed by atoms with van der Waals surface area (Å²) in [6, 6.07) is 0. The number of halogens is 3. The molecule has 0 aliphatic carbocycles. The molecule has 0 bridgehead atoms. The SMILES string of the molecule is O=Cc1c(Cl)nc(Cl)nc1Br. The summed E-state index contributed by atoms with van der Waals surface area (Å²) in [7, 11) is 0. The smallest absolute Gasteiger partial charge is 0.224 e. The minimum Gasteiger partial charge on any atom is -0.298 e. The van der Waals surface area contributed by atoms with Gasteiger partial charge in [-0.2, -0.15) is 0 Å². The highest BCUT2D eigenvalue weighted by atomic mass is 79.9. The molecule has 0 amide bonds. The largest absolute Gasteiger partial charge is 0.298 e. The second kappa shape index (κ2) is 3.47. The average Bonchev–Trinajstić information content (AvgIpc) is 1.85. The van der Waals surface area contributed by atoms with Crippen LogP contribution in [0.1, 0.15) is 10.4 Å². The van der Waals surface area contributed by atoms with E-state index in [0.717, 1.165) is 0 Å². The predicted molar refractivity (Wildman–Crippen MR) is 45.1 cm³/mol. The van der Waals surface area contributed by atoms with Gasteiger partial charge < -0.3 is 0 Å². The Morgan fingerprint density at radius 2 is 2.00 bits per heavy atom. The normalized spacial score (nSPS) is 9.73. The van der Waals surface area contributed by atoms with Crippen LogP contribution in [0, 0.1) is 0 Å². The summed E-state index contributed by atoms with van der Waals surface area (Å²) in [4.78, 5) is 17.5. The van der Waals surface area contributed by atoms with Crippen LogP contribution in [-0.4, -0.2) is 16.3 Å². The zero-order valence-corrected chi connectivity index (χ0v) is 8.11. The molecule has 0 atom stereocenters. The molecule has 3 nitrogen and oxygen atoms in total. The molecule has 1 aromatic rings. The summed E-state index contributed by atoms with van der Waals surface area (Å²) in [5, 5.41) is 0.0550. The van der Waals surface area contributed by atoms with Crippen LogP contribution in [0.5, 0.6) is 0 Å². The molecular formula is C5HBrCl2N2O. The molecule has 1 aromatic heterocycles. The van der Waals surface area contributed by atoms with Crippen molar-refractivity contribution >= 4 is 45.4 Å². The van der Waals surface area contributed by atoms with Crippen LogP contribution in [0.25, 0.3) is 0 Å². The number of aromatic nitrogens is 2. The average molecular weight is 256 g/mol. The van der Waals surface area contributed by atoms with E-state index in [1.165, 1.54) is 0 Å². The highest BCUT2D eigenvalue weighted by Gasteiger charge is 2.08. The second-order valence-electron chi connectivity index (χ2n) is 1.61. The topological polar surface area (TPSA) is 42.9 Å². The van der Waals surface area contributed by atoms with Gasteiger partial charge in [0.25, 0.3) is 0 Å². The summed E-state index contributed by atoms with van der Waals surface area (Å²) in [6.07, 6.45) is 0.558. The Kier molecular flexibility index (Phi) is 2.81. The van der Waals surface area contributed by atoms with Crippen molar-refractivity contribution in [2.75, 3.05) is 0 Å². The molecule has 0 fully saturated rings. The Morgan fingerprint density at radius 1 is 1.36 bits per heavy atom. The van der Waals surface area contributed by atoms with Crippen LogP contribution in [0.4, 0.5) is 0 Å². The number of aldehydes is 1. The van der Waals surface area contributed by atoms with Crippen molar-refractivity contribution in [3.05, 3.63) is 20.6 Å². The lowest BCUT2D eigenvalue weighted by Crippen LogP contribution is -1.92. The zero-order chi connectivity index (χ0) is 8.43.